The molecule has 0 spiro atoms. The maximum Gasteiger partial charge on any atom is 0.433 e. The van der Waals surface area contributed by atoms with Crippen molar-refractivity contribution < 1.29 is 18.9 Å². The van der Waals surface area contributed by atoms with Crippen molar-refractivity contribution >= 4 is 40.0 Å². The van der Waals surface area contributed by atoms with Gasteiger partial charge in [0, 0.05) is 0 Å². The molecule has 1 aromatic carbocycles. The van der Waals surface area contributed by atoms with Crippen LogP contribution in [0.2, 0.25) is 0 Å². The van der Waals surface area contributed by atoms with E-state index in [-0.39, 0.29) is 16.6 Å². The summed E-state index contributed by atoms with van der Waals surface area (Å²) in [7, 11) is 1.56. The van der Waals surface area contributed by atoms with Crippen LogP contribution >= 0.6 is 11.6 Å². The number of nitro groups is 1. The molecule has 0 radical (unpaired) electrons. The van der Waals surface area contributed by atoms with Crippen LogP contribution in [0.25, 0.3) is 0 Å². The number of ether oxygens (including phenoxy) is 1. The predicted octanol–water partition coefficient (Wildman–Crippen LogP) is 2.97. The van der Waals surface area contributed by atoms with Crippen LogP contribution in [0.1, 0.15) is 17.5 Å². The first-order valence-electron chi connectivity index (χ1n) is 7.13. The van der Waals surface area contributed by atoms with E-state index in [1.165, 1.54) is 13.0 Å². The second-order valence-electron chi connectivity index (χ2n) is 4.78. The van der Waals surface area contributed by atoms with Gasteiger partial charge >= 0.3 is 11.8 Å². The second-order valence-corrected chi connectivity index (χ2v) is 5.13. The van der Waals surface area contributed by atoms with Crippen molar-refractivity contribution in [2.75, 3.05) is 12.5 Å². The molecule has 1 aromatic heterocycles. The Hall–Kier alpha value is -3.40. The van der Waals surface area contributed by atoms with Crippen LogP contribution in [0.4, 0.5) is 11.6 Å². The number of benzene rings is 1. The Bertz CT molecular complexity index is 860. The fourth-order valence-electron chi connectivity index (χ4n) is 1.64. The largest absolute Gasteiger partial charge is 0.497 e. The number of nitrogens with zero attached hydrogens (tertiary/aromatic N) is 3. The summed E-state index contributed by atoms with van der Waals surface area (Å²) in [6.45, 7) is 1.52. The maximum atomic E-state index is 11.8. The summed E-state index contributed by atoms with van der Waals surface area (Å²) in [5.74, 6) is -0.855. The zero-order valence-electron chi connectivity index (χ0n) is 13.7. The van der Waals surface area contributed by atoms with Crippen LogP contribution in [0, 0.1) is 10.1 Å². The Balaban J connectivity index is 1.95. The van der Waals surface area contributed by atoms with Crippen LogP contribution in [-0.2, 0) is 0 Å². The molecule has 2 rings (SSSR count). The number of amides is 1. The lowest BCUT2D eigenvalue weighted by Crippen LogP contribution is -2.20. The SMILES string of the molecule is COc1ccc(N/N=C(Cl)/C(C)=N/NC(=O)c2ccc([N+](=O)[O-])o2)cc1. The minimum atomic E-state index is -0.759. The second kappa shape index (κ2) is 8.62. The molecule has 0 fully saturated rings. The first-order valence-corrected chi connectivity index (χ1v) is 7.51. The van der Waals surface area contributed by atoms with Gasteiger partial charge < -0.3 is 9.15 Å². The van der Waals surface area contributed by atoms with Crippen molar-refractivity contribution in [1.82, 2.24) is 5.43 Å². The third-order valence-corrected chi connectivity index (χ3v) is 3.35. The van der Waals surface area contributed by atoms with Crippen molar-refractivity contribution in [3.63, 3.8) is 0 Å². The standard InChI is InChI=1S/C15H14ClN5O5/c1-9(14(16)19-18-10-3-5-11(25-2)6-4-10)17-20-15(22)12-7-8-13(26-12)21(23)24/h3-8,18H,1-2H3,(H,20,22)/b17-9+,19-14-. The summed E-state index contributed by atoms with van der Waals surface area (Å²) >= 11 is 5.98. The number of nitrogens with one attached hydrogen (secondary N) is 2. The van der Waals surface area contributed by atoms with Gasteiger partial charge in [-0.2, -0.15) is 10.2 Å². The van der Waals surface area contributed by atoms with E-state index in [1.807, 2.05) is 0 Å². The summed E-state index contributed by atoms with van der Waals surface area (Å²) in [5, 5.41) is 18.2. The van der Waals surface area contributed by atoms with E-state index in [0.717, 1.165) is 6.07 Å². The smallest absolute Gasteiger partial charge is 0.433 e. The van der Waals surface area contributed by atoms with Gasteiger partial charge in [0.25, 0.3) is 0 Å². The monoisotopic (exact) mass is 379 g/mol. The van der Waals surface area contributed by atoms with Gasteiger partial charge in [-0.3, -0.25) is 20.3 Å². The lowest BCUT2D eigenvalue weighted by atomic mass is 10.3. The Kier molecular flexibility index (Phi) is 6.28. The molecule has 0 aliphatic heterocycles. The quantitative estimate of drug-likeness (QED) is 0.432. The number of anilines is 1. The normalized spacial score (nSPS) is 11.8. The van der Waals surface area contributed by atoms with Crippen LogP contribution in [0.3, 0.4) is 0 Å². The number of methoxy groups -OCH3 is 1. The molecule has 136 valence electrons. The fraction of sp³-hybridized carbons (Fsp3) is 0.133. The van der Waals surface area contributed by atoms with Gasteiger partial charge in [0.1, 0.15) is 10.7 Å². The Labute approximate surface area is 152 Å². The zero-order valence-corrected chi connectivity index (χ0v) is 14.5. The minimum Gasteiger partial charge on any atom is -0.497 e. The maximum absolute atomic E-state index is 11.8. The van der Waals surface area contributed by atoms with Gasteiger partial charge in [-0.15, -0.1) is 0 Å². The molecule has 0 unspecified atom stereocenters. The molecule has 1 heterocycles. The highest BCUT2D eigenvalue weighted by atomic mass is 35.5. The zero-order chi connectivity index (χ0) is 19.1. The highest BCUT2D eigenvalue weighted by molar-refractivity contribution is 6.83. The molecule has 10 nitrogen and oxygen atoms in total. The molecular weight excluding hydrogens is 366 g/mol. The van der Waals surface area contributed by atoms with E-state index in [2.05, 4.69) is 21.1 Å². The summed E-state index contributed by atoms with van der Waals surface area (Å²) in [6, 6.07) is 9.21. The van der Waals surface area contributed by atoms with Gasteiger partial charge in [-0.05, 0) is 37.3 Å². The molecular formula is C15H14ClN5O5. The average Bonchev–Trinajstić information content (AvgIpc) is 3.14. The highest BCUT2D eigenvalue weighted by Gasteiger charge is 2.17. The number of rotatable bonds is 7. The third-order valence-electron chi connectivity index (χ3n) is 2.99. The molecule has 26 heavy (non-hydrogen) atoms. The van der Waals surface area contributed by atoms with Crippen molar-refractivity contribution in [3.05, 3.63) is 52.3 Å². The fourth-order valence-corrected chi connectivity index (χ4v) is 1.73. The number of carbonyl (C=O) groups is 1. The van der Waals surface area contributed by atoms with Crippen LogP contribution in [-0.4, -0.2) is 28.8 Å². The summed E-state index contributed by atoms with van der Waals surface area (Å²) in [4.78, 5) is 21.6. The topological polar surface area (TPSA) is 131 Å². The van der Waals surface area contributed by atoms with Crippen molar-refractivity contribution in [1.29, 1.82) is 0 Å². The van der Waals surface area contributed by atoms with Crippen molar-refractivity contribution in [2.24, 2.45) is 10.2 Å². The van der Waals surface area contributed by atoms with Gasteiger partial charge in [0.2, 0.25) is 5.76 Å². The van der Waals surface area contributed by atoms with Crippen molar-refractivity contribution in [3.8, 4) is 5.75 Å². The number of hydrazone groups is 2. The number of hydrogen-bond donors (Lipinski definition) is 2. The third kappa shape index (κ3) is 5.05. The Morgan fingerprint density at radius 2 is 1.92 bits per heavy atom. The van der Waals surface area contributed by atoms with E-state index >= 15 is 0 Å². The highest BCUT2D eigenvalue weighted by Crippen LogP contribution is 2.16. The Morgan fingerprint density at radius 1 is 1.23 bits per heavy atom. The van der Waals surface area contributed by atoms with Crippen LogP contribution in [0.5, 0.6) is 5.75 Å². The molecule has 0 aliphatic rings. The van der Waals surface area contributed by atoms with E-state index < -0.39 is 16.7 Å². The predicted molar refractivity (Wildman–Crippen MR) is 95.8 cm³/mol. The first kappa shape index (κ1) is 18.9. The summed E-state index contributed by atoms with van der Waals surface area (Å²) < 4.78 is 9.80. The Morgan fingerprint density at radius 3 is 2.50 bits per heavy atom. The van der Waals surface area contributed by atoms with Gasteiger partial charge in [-0.1, -0.05) is 11.6 Å². The van der Waals surface area contributed by atoms with E-state index in [9.17, 15) is 14.9 Å². The molecule has 0 saturated carbocycles. The summed E-state index contributed by atoms with van der Waals surface area (Å²) in [6.07, 6.45) is 0. The number of furan rings is 1. The van der Waals surface area contributed by atoms with Crippen LogP contribution in [0.15, 0.2) is 51.0 Å². The molecule has 1 amide bonds. The van der Waals surface area contributed by atoms with Gasteiger partial charge in [-0.25, -0.2) is 5.43 Å². The minimum absolute atomic E-state index is 0.00606. The van der Waals surface area contributed by atoms with Crippen molar-refractivity contribution in [2.45, 2.75) is 6.92 Å². The molecule has 0 bridgehead atoms. The van der Waals surface area contributed by atoms with E-state index in [0.29, 0.717) is 11.4 Å². The molecule has 0 aliphatic carbocycles. The molecule has 0 atom stereocenters. The van der Waals surface area contributed by atoms with Gasteiger partial charge in [0.05, 0.1) is 24.6 Å². The molecule has 2 aromatic rings. The lowest BCUT2D eigenvalue weighted by Gasteiger charge is -2.04. The summed E-state index contributed by atoms with van der Waals surface area (Å²) in [5.41, 5.74) is 5.77. The number of hydrogen-bond acceptors (Lipinski definition) is 8. The lowest BCUT2D eigenvalue weighted by molar-refractivity contribution is -0.402. The van der Waals surface area contributed by atoms with Gasteiger partial charge in [0.15, 0.2) is 5.17 Å². The van der Waals surface area contributed by atoms with E-state index in [1.54, 1.807) is 31.4 Å². The number of halogens is 1. The first-order chi connectivity index (χ1) is 12.4. The molecule has 11 heteroatoms. The average molecular weight is 380 g/mol. The number of carbonyl (C=O) groups excluding carboxylic acids is 1. The molecule has 0 saturated heterocycles. The van der Waals surface area contributed by atoms with E-state index in [4.69, 9.17) is 20.8 Å². The van der Waals surface area contributed by atoms with Crippen LogP contribution < -0.4 is 15.6 Å². The molecule has 2 N–H and O–H groups in total.